The number of rotatable bonds is 4. The third-order valence-electron chi connectivity index (χ3n) is 9.68. The molecule has 43 heavy (non-hydrogen) atoms. The first kappa shape index (κ1) is 26.1. The highest BCUT2D eigenvalue weighted by Gasteiger charge is 2.38. The van der Waals surface area contributed by atoms with E-state index in [1.165, 1.54) is 78.0 Å². The summed E-state index contributed by atoms with van der Waals surface area (Å²) in [7, 11) is 0. The summed E-state index contributed by atoms with van der Waals surface area (Å²) in [5.41, 5.74) is 19.7. The lowest BCUT2D eigenvalue weighted by molar-refractivity contribution is 0.660. The van der Waals surface area contributed by atoms with Crippen molar-refractivity contribution in [1.29, 1.82) is 0 Å². The van der Waals surface area contributed by atoms with Gasteiger partial charge < -0.3 is 5.32 Å². The molecule has 6 aromatic rings. The zero-order chi connectivity index (χ0) is 29.3. The summed E-state index contributed by atoms with van der Waals surface area (Å²) < 4.78 is 0. The molecule has 0 bridgehead atoms. The fourth-order valence-corrected chi connectivity index (χ4v) is 7.74. The van der Waals surface area contributed by atoms with Crippen LogP contribution in [0, 0.1) is 6.92 Å². The predicted molar refractivity (Wildman–Crippen MR) is 185 cm³/mol. The lowest BCUT2D eigenvalue weighted by atomic mass is 9.82. The molecule has 0 fully saturated rings. The highest BCUT2D eigenvalue weighted by atomic mass is 32.1. The maximum atomic E-state index is 4.71. The molecule has 2 heteroatoms. The molecule has 208 valence electrons. The second-order valence-electron chi connectivity index (χ2n) is 12.4. The Labute approximate surface area is 259 Å². The molecular formula is C41H33NS. The van der Waals surface area contributed by atoms with Crippen molar-refractivity contribution in [2.75, 3.05) is 5.32 Å². The molecule has 2 aliphatic carbocycles. The Morgan fingerprint density at radius 1 is 0.558 bits per heavy atom. The highest BCUT2D eigenvalue weighted by molar-refractivity contribution is 7.80. The van der Waals surface area contributed by atoms with Gasteiger partial charge in [0.2, 0.25) is 0 Å². The van der Waals surface area contributed by atoms with Crippen molar-refractivity contribution in [3.8, 4) is 44.5 Å². The van der Waals surface area contributed by atoms with Gasteiger partial charge in [-0.2, -0.15) is 0 Å². The Morgan fingerprint density at radius 2 is 1.21 bits per heavy atom. The van der Waals surface area contributed by atoms with Gasteiger partial charge in [-0.05, 0) is 104 Å². The summed E-state index contributed by atoms with van der Waals surface area (Å²) >= 11 is 4.71. The van der Waals surface area contributed by atoms with Crippen molar-refractivity contribution in [2.24, 2.45) is 0 Å². The predicted octanol–water partition coefficient (Wildman–Crippen LogP) is 11.2. The van der Waals surface area contributed by atoms with E-state index in [0.717, 1.165) is 17.0 Å². The number of benzene rings is 6. The van der Waals surface area contributed by atoms with Crippen LogP contribution in [0.25, 0.3) is 44.5 Å². The van der Waals surface area contributed by atoms with Crippen LogP contribution >= 0.6 is 12.6 Å². The average Bonchev–Trinajstić information content (AvgIpc) is 3.52. The van der Waals surface area contributed by atoms with Crippen LogP contribution in [0.3, 0.4) is 0 Å². The molecule has 8 rings (SSSR count). The molecule has 1 N–H and O–H groups in total. The topological polar surface area (TPSA) is 12.0 Å². The third kappa shape index (κ3) is 4.01. The lowest BCUT2D eigenvalue weighted by Gasteiger charge is -2.21. The minimum Gasteiger partial charge on any atom is -0.355 e. The quantitative estimate of drug-likeness (QED) is 0.200. The van der Waals surface area contributed by atoms with E-state index in [1.807, 2.05) is 6.07 Å². The molecule has 0 aliphatic heterocycles. The number of anilines is 2. The standard InChI is InChI=1S/C41H33NS/c1-25-28(12-8-13-29(25)32-10-5-7-17-39(32)43)26-18-20-27(21-19-26)42-38-16-9-14-30-31-22-23-37-40(35(31)24-34(30)38)33-11-4-6-15-36(33)41(37,2)3/h4-23,42-43H,24H2,1-3H3. The zero-order valence-corrected chi connectivity index (χ0v) is 25.6. The Balaban J connectivity index is 1.11. The smallest absolute Gasteiger partial charge is 0.0426 e. The molecule has 0 atom stereocenters. The van der Waals surface area contributed by atoms with E-state index in [0.29, 0.717) is 0 Å². The normalized spacial score (nSPS) is 13.7. The van der Waals surface area contributed by atoms with Gasteiger partial charge in [0.1, 0.15) is 0 Å². The molecule has 0 saturated carbocycles. The van der Waals surface area contributed by atoms with Crippen molar-refractivity contribution < 1.29 is 0 Å². The maximum Gasteiger partial charge on any atom is 0.0426 e. The van der Waals surface area contributed by atoms with Crippen LogP contribution in [0.5, 0.6) is 0 Å². The fraction of sp³-hybridized carbons (Fsp3) is 0.122. The van der Waals surface area contributed by atoms with E-state index < -0.39 is 0 Å². The van der Waals surface area contributed by atoms with Gasteiger partial charge in [-0.3, -0.25) is 0 Å². The van der Waals surface area contributed by atoms with Crippen LogP contribution in [0.4, 0.5) is 11.4 Å². The van der Waals surface area contributed by atoms with Crippen molar-refractivity contribution in [2.45, 2.75) is 37.5 Å². The molecule has 0 aromatic heterocycles. The van der Waals surface area contributed by atoms with Gasteiger partial charge in [-0.15, -0.1) is 12.6 Å². The molecule has 0 unspecified atom stereocenters. The monoisotopic (exact) mass is 571 g/mol. The lowest BCUT2D eigenvalue weighted by Crippen LogP contribution is -2.14. The first-order chi connectivity index (χ1) is 20.9. The third-order valence-corrected chi connectivity index (χ3v) is 10.1. The molecule has 1 nitrogen and oxygen atoms in total. The molecule has 0 saturated heterocycles. The van der Waals surface area contributed by atoms with Crippen LogP contribution in [0.1, 0.15) is 41.7 Å². The summed E-state index contributed by atoms with van der Waals surface area (Å²) in [5, 5.41) is 3.77. The number of hydrogen-bond donors (Lipinski definition) is 2. The van der Waals surface area contributed by atoms with E-state index in [-0.39, 0.29) is 5.41 Å². The van der Waals surface area contributed by atoms with Crippen molar-refractivity contribution in [3.05, 3.63) is 149 Å². The van der Waals surface area contributed by atoms with Gasteiger partial charge in [0, 0.05) is 28.1 Å². The highest BCUT2D eigenvalue weighted by Crippen LogP contribution is 2.54. The van der Waals surface area contributed by atoms with Crippen LogP contribution < -0.4 is 5.32 Å². The van der Waals surface area contributed by atoms with Gasteiger partial charge in [-0.25, -0.2) is 0 Å². The fourth-order valence-electron chi connectivity index (χ4n) is 7.46. The second kappa shape index (κ2) is 9.76. The molecule has 0 amide bonds. The Hall–Kier alpha value is -4.53. The molecule has 0 heterocycles. The minimum absolute atomic E-state index is 0.0204. The van der Waals surface area contributed by atoms with Crippen molar-refractivity contribution >= 4 is 24.0 Å². The first-order valence-corrected chi connectivity index (χ1v) is 15.5. The summed E-state index contributed by atoms with van der Waals surface area (Å²) in [5.74, 6) is 0. The van der Waals surface area contributed by atoms with Crippen LogP contribution in [-0.4, -0.2) is 0 Å². The summed E-state index contributed by atoms with van der Waals surface area (Å²) in [6.07, 6.45) is 0.943. The first-order valence-electron chi connectivity index (χ1n) is 15.1. The van der Waals surface area contributed by atoms with Crippen LogP contribution in [0.15, 0.2) is 126 Å². The molecular weight excluding hydrogens is 539 g/mol. The van der Waals surface area contributed by atoms with Gasteiger partial charge >= 0.3 is 0 Å². The summed E-state index contributed by atoms with van der Waals surface area (Å²) in [4.78, 5) is 0.998. The van der Waals surface area contributed by atoms with E-state index >= 15 is 0 Å². The van der Waals surface area contributed by atoms with Crippen LogP contribution in [0.2, 0.25) is 0 Å². The van der Waals surface area contributed by atoms with Gasteiger partial charge in [-0.1, -0.05) is 111 Å². The molecule has 0 radical (unpaired) electrons. The van der Waals surface area contributed by atoms with Crippen molar-refractivity contribution in [1.82, 2.24) is 0 Å². The van der Waals surface area contributed by atoms with E-state index in [1.54, 1.807) is 0 Å². The zero-order valence-electron chi connectivity index (χ0n) is 24.7. The minimum atomic E-state index is 0.0204. The molecule has 0 spiro atoms. The van der Waals surface area contributed by atoms with E-state index in [4.69, 9.17) is 12.6 Å². The largest absolute Gasteiger partial charge is 0.355 e. The number of nitrogens with one attached hydrogen (secondary N) is 1. The summed E-state index contributed by atoms with van der Waals surface area (Å²) in [6.45, 7) is 6.93. The number of hydrogen-bond acceptors (Lipinski definition) is 2. The Kier molecular flexibility index (Phi) is 5.93. The SMILES string of the molecule is Cc1c(-c2ccc(Nc3cccc4c3Cc3c-4ccc4c3-c3ccccc3C4(C)C)cc2)cccc1-c1ccccc1S. The van der Waals surface area contributed by atoms with Crippen LogP contribution in [-0.2, 0) is 11.8 Å². The molecule has 6 aromatic carbocycles. The maximum absolute atomic E-state index is 4.71. The second-order valence-corrected chi connectivity index (χ2v) is 12.9. The Morgan fingerprint density at radius 3 is 2.02 bits per heavy atom. The average molecular weight is 572 g/mol. The number of thiol groups is 1. The van der Waals surface area contributed by atoms with Gasteiger partial charge in [0.25, 0.3) is 0 Å². The summed E-state index contributed by atoms with van der Waals surface area (Å²) in [6, 6.07) is 44.1. The van der Waals surface area contributed by atoms with Crippen molar-refractivity contribution in [3.63, 3.8) is 0 Å². The van der Waals surface area contributed by atoms with E-state index in [2.05, 4.69) is 141 Å². The molecule has 2 aliphatic rings. The van der Waals surface area contributed by atoms with Gasteiger partial charge in [0.15, 0.2) is 0 Å². The number of fused-ring (bicyclic) bond motifs is 7. The van der Waals surface area contributed by atoms with Gasteiger partial charge in [0.05, 0.1) is 0 Å². The Bertz CT molecular complexity index is 2070. The van der Waals surface area contributed by atoms with E-state index in [9.17, 15) is 0 Å².